The van der Waals surface area contributed by atoms with Crippen LogP contribution in [0, 0.1) is 5.82 Å². The molecule has 0 fully saturated rings. The lowest BCUT2D eigenvalue weighted by Gasteiger charge is -2.03. The Labute approximate surface area is 108 Å². The molecule has 0 spiro atoms. The Morgan fingerprint density at radius 1 is 1.50 bits per heavy atom. The van der Waals surface area contributed by atoms with Gasteiger partial charge in [-0.1, -0.05) is 6.92 Å². The number of hydrogen-bond acceptors (Lipinski definition) is 4. The van der Waals surface area contributed by atoms with Crippen LogP contribution in [0.5, 0.6) is 0 Å². The number of amides is 1. The van der Waals surface area contributed by atoms with Gasteiger partial charge in [0.2, 0.25) is 0 Å². The van der Waals surface area contributed by atoms with Crippen LogP contribution in [0.15, 0.2) is 24.7 Å². The van der Waals surface area contributed by atoms with Crippen molar-refractivity contribution in [3.63, 3.8) is 0 Å². The maximum absolute atomic E-state index is 13.3. The Hall–Kier alpha value is -1.82. The molecule has 0 aliphatic rings. The van der Waals surface area contributed by atoms with E-state index in [2.05, 4.69) is 15.3 Å². The molecule has 0 unspecified atom stereocenters. The third-order valence-electron chi connectivity index (χ3n) is 2.37. The summed E-state index contributed by atoms with van der Waals surface area (Å²) >= 11 is 1.54. The first kappa shape index (κ1) is 12.6. The van der Waals surface area contributed by atoms with Crippen LogP contribution in [0.2, 0.25) is 0 Å². The molecule has 2 rings (SSSR count). The van der Waals surface area contributed by atoms with Gasteiger partial charge in [-0.3, -0.25) is 9.78 Å². The highest BCUT2D eigenvalue weighted by atomic mass is 32.1. The molecule has 6 heteroatoms. The highest BCUT2D eigenvalue weighted by molar-refractivity contribution is 7.11. The fourth-order valence-corrected chi connectivity index (χ4v) is 2.21. The lowest BCUT2D eigenvalue weighted by atomic mass is 10.2. The Kier molecular flexibility index (Phi) is 3.99. The lowest BCUT2D eigenvalue weighted by molar-refractivity contribution is 0.0946. The molecule has 0 atom stereocenters. The summed E-state index contributed by atoms with van der Waals surface area (Å²) in [5, 5.41) is 3.45. The molecule has 0 radical (unpaired) electrons. The summed E-state index contributed by atoms with van der Waals surface area (Å²) in [5.41, 5.74) is -0.00253. The van der Waals surface area contributed by atoms with E-state index in [0.717, 1.165) is 22.5 Å². The molecule has 0 aliphatic carbocycles. The van der Waals surface area contributed by atoms with Crippen molar-refractivity contribution in [2.75, 3.05) is 0 Å². The van der Waals surface area contributed by atoms with Crippen LogP contribution < -0.4 is 5.32 Å². The first-order valence-electron chi connectivity index (χ1n) is 5.52. The summed E-state index contributed by atoms with van der Waals surface area (Å²) in [4.78, 5) is 20.6. The van der Waals surface area contributed by atoms with Gasteiger partial charge in [0.05, 0.1) is 18.3 Å². The number of hydrogen-bond donors (Lipinski definition) is 1. The van der Waals surface area contributed by atoms with Crippen LogP contribution in [0.3, 0.4) is 0 Å². The van der Waals surface area contributed by atoms with Crippen LogP contribution in [0.1, 0.15) is 27.2 Å². The highest BCUT2D eigenvalue weighted by Crippen LogP contribution is 2.13. The fraction of sp³-hybridized carbons (Fsp3) is 0.250. The van der Waals surface area contributed by atoms with Crippen molar-refractivity contribution in [3.8, 4) is 0 Å². The minimum Gasteiger partial charge on any atom is -0.345 e. The Morgan fingerprint density at radius 3 is 3.00 bits per heavy atom. The highest BCUT2D eigenvalue weighted by Gasteiger charge is 2.11. The van der Waals surface area contributed by atoms with Gasteiger partial charge in [0.15, 0.2) is 5.82 Å². The summed E-state index contributed by atoms with van der Waals surface area (Å²) < 4.78 is 13.3. The normalized spacial score (nSPS) is 10.3. The van der Waals surface area contributed by atoms with E-state index < -0.39 is 11.7 Å². The monoisotopic (exact) mass is 265 g/mol. The molecule has 0 saturated heterocycles. The summed E-state index contributed by atoms with van der Waals surface area (Å²) in [6.07, 6.45) is 5.12. The van der Waals surface area contributed by atoms with Crippen molar-refractivity contribution >= 4 is 17.2 Å². The molecule has 2 aromatic rings. The first-order chi connectivity index (χ1) is 8.70. The molecule has 1 amide bonds. The van der Waals surface area contributed by atoms with Gasteiger partial charge >= 0.3 is 0 Å². The molecule has 18 heavy (non-hydrogen) atoms. The van der Waals surface area contributed by atoms with Gasteiger partial charge in [-0.15, -0.1) is 11.3 Å². The predicted molar refractivity (Wildman–Crippen MR) is 66.9 cm³/mol. The topological polar surface area (TPSA) is 54.9 Å². The van der Waals surface area contributed by atoms with Gasteiger partial charge in [0, 0.05) is 17.3 Å². The van der Waals surface area contributed by atoms with Gasteiger partial charge < -0.3 is 5.32 Å². The quantitative estimate of drug-likeness (QED) is 0.921. The second-order valence-electron chi connectivity index (χ2n) is 3.61. The van der Waals surface area contributed by atoms with Gasteiger partial charge in [0.25, 0.3) is 5.91 Å². The molecule has 1 N–H and O–H groups in total. The molecule has 94 valence electrons. The summed E-state index contributed by atoms with van der Waals surface area (Å²) in [6.45, 7) is 2.35. The number of nitrogens with zero attached hydrogens (tertiary/aromatic N) is 2. The molecule has 0 saturated carbocycles. The molecule has 2 heterocycles. The maximum Gasteiger partial charge on any atom is 0.254 e. The van der Waals surface area contributed by atoms with E-state index >= 15 is 0 Å². The number of aryl methyl sites for hydroxylation is 1. The van der Waals surface area contributed by atoms with E-state index in [0.29, 0.717) is 6.54 Å². The number of rotatable bonds is 4. The van der Waals surface area contributed by atoms with Crippen LogP contribution >= 0.6 is 11.3 Å². The van der Waals surface area contributed by atoms with Crippen LogP contribution in [0.25, 0.3) is 0 Å². The average Bonchev–Trinajstić information content (AvgIpc) is 2.84. The van der Waals surface area contributed by atoms with E-state index in [-0.39, 0.29) is 5.56 Å². The van der Waals surface area contributed by atoms with E-state index in [1.165, 1.54) is 12.3 Å². The number of nitrogens with one attached hydrogen (secondary N) is 1. The zero-order valence-corrected chi connectivity index (χ0v) is 10.6. The predicted octanol–water partition coefficient (Wildman–Crippen LogP) is 2.17. The Balaban J connectivity index is 1.98. The summed E-state index contributed by atoms with van der Waals surface area (Å²) in [6, 6.07) is 1.35. The lowest BCUT2D eigenvalue weighted by Crippen LogP contribution is -2.23. The maximum atomic E-state index is 13.3. The second kappa shape index (κ2) is 5.68. The van der Waals surface area contributed by atoms with E-state index in [4.69, 9.17) is 0 Å². The number of halogens is 1. The Morgan fingerprint density at radius 2 is 2.33 bits per heavy atom. The van der Waals surface area contributed by atoms with Crippen LogP contribution in [0.4, 0.5) is 4.39 Å². The minimum atomic E-state index is -0.622. The van der Waals surface area contributed by atoms with Crippen molar-refractivity contribution in [1.29, 1.82) is 0 Å². The minimum absolute atomic E-state index is 0.00253. The smallest absolute Gasteiger partial charge is 0.254 e. The third-order valence-corrected chi connectivity index (χ3v) is 3.51. The van der Waals surface area contributed by atoms with Gasteiger partial charge in [-0.05, 0) is 12.5 Å². The Bertz CT molecular complexity index is 556. The molecular weight excluding hydrogens is 253 g/mol. The third kappa shape index (κ3) is 2.89. The first-order valence-corrected chi connectivity index (χ1v) is 6.33. The summed E-state index contributed by atoms with van der Waals surface area (Å²) in [7, 11) is 0. The number of aromatic nitrogens is 2. The van der Waals surface area contributed by atoms with E-state index in [9.17, 15) is 9.18 Å². The fourth-order valence-electron chi connectivity index (χ4n) is 1.40. The van der Waals surface area contributed by atoms with Crippen molar-refractivity contribution in [1.82, 2.24) is 15.3 Å². The largest absolute Gasteiger partial charge is 0.345 e. The number of pyridine rings is 1. The number of carbonyl (C=O) groups excluding carboxylic acids is 1. The molecule has 2 aromatic heterocycles. The molecule has 4 nitrogen and oxygen atoms in total. The van der Waals surface area contributed by atoms with Crippen molar-refractivity contribution in [2.24, 2.45) is 0 Å². The molecular formula is C12H12FN3OS. The van der Waals surface area contributed by atoms with Crippen LogP contribution in [-0.4, -0.2) is 15.9 Å². The van der Waals surface area contributed by atoms with Gasteiger partial charge in [-0.25, -0.2) is 9.37 Å². The van der Waals surface area contributed by atoms with E-state index in [1.807, 2.05) is 6.92 Å². The van der Waals surface area contributed by atoms with Gasteiger partial charge in [-0.2, -0.15) is 0 Å². The van der Waals surface area contributed by atoms with E-state index in [1.54, 1.807) is 17.5 Å². The average molecular weight is 265 g/mol. The SMILES string of the molecule is CCc1cnc(CNC(=O)c2ccncc2F)s1. The van der Waals surface area contributed by atoms with Crippen molar-refractivity contribution in [2.45, 2.75) is 19.9 Å². The number of thiazole rings is 1. The van der Waals surface area contributed by atoms with Crippen LogP contribution in [-0.2, 0) is 13.0 Å². The number of carbonyl (C=O) groups is 1. The van der Waals surface area contributed by atoms with Crippen molar-refractivity contribution < 1.29 is 9.18 Å². The molecule has 0 bridgehead atoms. The summed E-state index contributed by atoms with van der Waals surface area (Å²) in [5.74, 6) is -1.08. The molecule has 0 aromatic carbocycles. The van der Waals surface area contributed by atoms with Gasteiger partial charge in [0.1, 0.15) is 5.01 Å². The van der Waals surface area contributed by atoms with Crippen molar-refractivity contribution in [3.05, 3.63) is 45.9 Å². The zero-order chi connectivity index (χ0) is 13.0. The standard InChI is InChI=1S/C12H12FN3OS/c1-2-8-5-15-11(18-8)7-16-12(17)9-3-4-14-6-10(9)13/h3-6H,2,7H2,1H3,(H,16,17). The second-order valence-corrected chi connectivity index (χ2v) is 4.81. The zero-order valence-electron chi connectivity index (χ0n) is 9.81. The molecule has 0 aliphatic heterocycles.